The Kier molecular flexibility index (Phi) is 12.6. The summed E-state index contributed by atoms with van der Waals surface area (Å²) in [5.41, 5.74) is 0.148. The van der Waals surface area contributed by atoms with Crippen LogP contribution in [0.5, 0.6) is 5.75 Å². The molecule has 0 saturated carbocycles. The first-order chi connectivity index (χ1) is 21.6. The lowest BCUT2D eigenvalue weighted by molar-refractivity contribution is -0.274. The van der Waals surface area contributed by atoms with Gasteiger partial charge in [0.1, 0.15) is 36.8 Å². The van der Waals surface area contributed by atoms with Gasteiger partial charge >= 0.3 is 11.9 Å². The van der Waals surface area contributed by atoms with Gasteiger partial charge in [-0.1, -0.05) is 19.1 Å². The highest BCUT2D eigenvalue weighted by molar-refractivity contribution is 6.00. The molecule has 6 unspecified atom stereocenters. The van der Waals surface area contributed by atoms with Crippen molar-refractivity contribution in [3.8, 4) is 16.9 Å². The van der Waals surface area contributed by atoms with Crippen LogP contribution in [0.2, 0.25) is 0 Å². The van der Waals surface area contributed by atoms with Crippen LogP contribution in [0.1, 0.15) is 74.1 Å². The molecule has 6 atom stereocenters. The lowest BCUT2D eigenvalue weighted by Crippen LogP contribution is -2.59. The van der Waals surface area contributed by atoms with Gasteiger partial charge in [0.15, 0.2) is 0 Å². The number of benzene rings is 2. The maximum Gasteiger partial charge on any atom is 0.337 e. The monoisotopic (exact) mass is 649 g/mol. The van der Waals surface area contributed by atoms with Gasteiger partial charge in [-0.05, 0) is 81.5 Å². The van der Waals surface area contributed by atoms with E-state index in [4.69, 9.17) is 24.1 Å². The van der Waals surface area contributed by atoms with E-state index in [1.807, 2.05) is 27.7 Å². The number of carboxylic acid groups (broad SMARTS) is 1. The molecule has 2 aromatic carbocycles. The fourth-order valence-corrected chi connectivity index (χ4v) is 4.88. The molecule has 0 spiro atoms. The number of hydrogen-bond donors (Lipinski definition) is 5. The smallest absolute Gasteiger partial charge is 0.337 e. The number of methoxy groups -OCH3 is 1. The molecule has 254 valence electrons. The Labute approximate surface area is 267 Å². The zero-order valence-electron chi connectivity index (χ0n) is 26.7. The zero-order chi connectivity index (χ0) is 34.2. The van der Waals surface area contributed by atoms with E-state index < -0.39 is 66.4 Å². The Hall–Kier alpha value is -3.62. The van der Waals surface area contributed by atoms with Gasteiger partial charge in [0, 0.05) is 24.1 Å². The molecule has 0 aromatic heterocycles. The van der Waals surface area contributed by atoms with Gasteiger partial charge in [0.25, 0.3) is 5.91 Å². The minimum atomic E-state index is -1.66. The second-order valence-corrected chi connectivity index (χ2v) is 12.2. The number of aliphatic hydroxyl groups excluding tert-OH is 3. The van der Waals surface area contributed by atoms with Crippen LogP contribution in [-0.4, -0.2) is 101 Å². The Morgan fingerprint density at radius 2 is 1.59 bits per heavy atom. The number of aliphatic hydroxyl groups is 3. The Bertz CT molecular complexity index is 1350. The average molecular weight is 650 g/mol. The molecular weight excluding hydrogens is 605 g/mol. The second kappa shape index (κ2) is 15.8. The fraction of sp³-hybridized carbons (Fsp3) is 0.545. The predicted molar refractivity (Wildman–Crippen MR) is 164 cm³/mol. The van der Waals surface area contributed by atoms with E-state index in [2.05, 4.69) is 5.32 Å². The molecule has 13 heteroatoms. The molecule has 1 heterocycles. The van der Waals surface area contributed by atoms with Crippen molar-refractivity contribution >= 4 is 17.8 Å². The number of nitrogens with one attached hydrogen (secondary N) is 1. The summed E-state index contributed by atoms with van der Waals surface area (Å²) in [5, 5.41) is 42.1. The number of hydrogen-bond acceptors (Lipinski definition) is 10. The topological polar surface area (TPSA) is 181 Å². The van der Waals surface area contributed by atoms with Crippen molar-refractivity contribution in [2.45, 2.75) is 95.2 Å². The van der Waals surface area contributed by atoms with Crippen molar-refractivity contribution in [2.75, 3.05) is 20.4 Å². The van der Waals surface area contributed by atoms with Crippen molar-refractivity contribution in [1.29, 1.82) is 0 Å². The molecule has 1 aliphatic heterocycles. The van der Waals surface area contributed by atoms with Crippen LogP contribution >= 0.6 is 0 Å². The minimum absolute atomic E-state index is 0.00677. The molecule has 1 fully saturated rings. The number of halogens is 1. The number of carbonyl (C=O) groups excluding carboxylic acids is 2. The van der Waals surface area contributed by atoms with E-state index in [1.54, 1.807) is 24.3 Å². The van der Waals surface area contributed by atoms with Crippen LogP contribution in [0.4, 0.5) is 4.39 Å². The highest BCUT2D eigenvalue weighted by Gasteiger charge is 2.45. The fourth-order valence-electron chi connectivity index (χ4n) is 4.88. The predicted octanol–water partition coefficient (Wildman–Crippen LogP) is 3.24. The number of carboxylic acids is 1. The number of alkyl halides is 1. The van der Waals surface area contributed by atoms with E-state index in [0.717, 1.165) is 0 Å². The normalized spacial score (nSPS) is 22.8. The molecule has 2 aromatic rings. The Morgan fingerprint density at radius 1 is 0.935 bits per heavy atom. The van der Waals surface area contributed by atoms with Gasteiger partial charge in [-0.15, -0.1) is 0 Å². The lowest BCUT2D eigenvalue weighted by Gasteiger charge is -2.39. The Balaban J connectivity index is 1.75. The third-order valence-electron chi connectivity index (χ3n) is 8.12. The van der Waals surface area contributed by atoms with Gasteiger partial charge < -0.3 is 44.7 Å². The lowest BCUT2D eigenvalue weighted by atomic mass is 9.95. The van der Waals surface area contributed by atoms with E-state index in [0.29, 0.717) is 30.4 Å². The van der Waals surface area contributed by atoms with Crippen molar-refractivity contribution < 1.29 is 58.1 Å². The number of esters is 1. The van der Waals surface area contributed by atoms with Crippen LogP contribution in [0.3, 0.4) is 0 Å². The molecule has 0 bridgehead atoms. The molecule has 46 heavy (non-hydrogen) atoms. The molecule has 5 N–H and O–H groups in total. The van der Waals surface area contributed by atoms with Crippen LogP contribution in [0, 0.1) is 0 Å². The zero-order valence-corrected chi connectivity index (χ0v) is 26.7. The molecule has 1 amide bonds. The minimum Gasteiger partial charge on any atom is -0.481 e. The number of rotatable bonds is 15. The maximum absolute atomic E-state index is 13.4. The molecule has 0 aliphatic carbocycles. The SMILES string of the molecule is CCC(C)(CCC(=O)O)OCCC(C)(C)NC(=O)c1cc(C(=O)OC)cc(-c2ccc(OC3OC(CF)C(O)C(O)C3O)cc2)c1. The summed E-state index contributed by atoms with van der Waals surface area (Å²) >= 11 is 0. The van der Waals surface area contributed by atoms with Gasteiger partial charge in [0.05, 0.1) is 18.3 Å². The standard InChI is InChI=1S/C33H44FNO11/c1-6-33(4,12-11-25(36)37)44-14-13-32(2,3)35-29(41)21-15-20(16-22(17-21)30(42)43-5)19-7-9-23(10-8-19)45-31-28(40)27(39)26(38)24(18-34)46-31/h7-10,15-17,24,26-28,31,38-40H,6,11-14,18H2,1-5H3,(H,35,41)(H,36,37). The summed E-state index contributed by atoms with van der Waals surface area (Å²) in [6, 6.07) is 10.9. The van der Waals surface area contributed by atoms with Crippen molar-refractivity contribution in [3.05, 3.63) is 53.6 Å². The van der Waals surface area contributed by atoms with Crippen molar-refractivity contribution in [1.82, 2.24) is 5.32 Å². The summed E-state index contributed by atoms with van der Waals surface area (Å²) in [6.45, 7) is 6.66. The van der Waals surface area contributed by atoms with Gasteiger partial charge in [-0.3, -0.25) is 9.59 Å². The average Bonchev–Trinajstić information content (AvgIpc) is 3.03. The van der Waals surface area contributed by atoms with Crippen LogP contribution < -0.4 is 10.1 Å². The first-order valence-electron chi connectivity index (χ1n) is 15.1. The molecule has 0 radical (unpaired) electrons. The quantitative estimate of drug-likeness (QED) is 0.179. The van der Waals surface area contributed by atoms with E-state index in [1.165, 1.54) is 25.3 Å². The number of ether oxygens (including phenoxy) is 4. The second-order valence-electron chi connectivity index (χ2n) is 12.2. The summed E-state index contributed by atoms with van der Waals surface area (Å²) in [6.07, 6.45) is -6.27. The summed E-state index contributed by atoms with van der Waals surface area (Å²) in [4.78, 5) is 36.9. The Morgan fingerprint density at radius 3 is 2.17 bits per heavy atom. The van der Waals surface area contributed by atoms with Gasteiger partial charge in [0.2, 0.25) is 6.29 Å². The van der Waals surface area contributed by atoms with E-state index in [-0.39, 0.29) is 29.9 Å². The van der Waals surface area contributed by atoms with Crippen molar-refractivity contribution in [2.24, 2.45) is 0 Å². The molecule has 1 aliphatic rings. The third kappa shape index (κ3) is 9.69. The molecule has 1 saturated heterocycles. The van der Waals surface area contributed by atoms with Crippen molar-refractivity contribution in [3.63, 3.8) is 0 Å². The molecular formula is C33H44FNO11. The maximum atomic E-state index is 13.4. The molecule has 3 rings (SSSR count). The van der Waals surface area contributed by atoms with E-state index in [9.17, 15) is 34.1 Å². The number of carbonyl (C=O) groups is 3. The van der Waals surface area contributed by atoms with Crippen LogP contribution in [-0.2, 0) is 19.0 Å². The van der Waals surface area contributed by atoms with Gasteiger partial charge in [-0.2, -0.15) is 0 Å². The molecule has 12 nitrogen and oxygen atoms in total. The summed E-state index contributed by atoms with van der Waals surface area (Å²) < 4.78 is 35.0. The van der Waals surface area contributed by atoms with E-state index >= 15 is 0 Å². The largest absolute Gasteiger partial charge is 0.481 e. The number of aliphatic carboxylic acids is 1. The number of amides is 1. The van der Waals surface area contributed by atoms with Crippen LogP contribution in [0.25, 0.3) is 11.1 Å². The highest BCUT2D eigenvalue weighted by atomic mass is 19.1. The first kappa shape index (κ1) is 36.8. The third-order valence-corrected chi connectivity index (χ3v) is 8.12. The summed E-state index contributed by atoms with van der Waals surface area (Å²) in [7, 11) is 1.23. The summed E-state index contributed by atoms with van der Waals surface area (Å²) in [5.74, 6) is -1.76. The van der Waals surface area contributed by atoms with Crippen LogP contribution in [0.15, 0.2) is 42.5 Å². The highest BCUT2D eigenvalue weighted by Crippen LogP contribution is 2.29. The van der Waals surface area contributed by atoms with Gasteiger partial charge in [-0.25, -0.2) is 9.18 Å². The first-order valence-corrected chi connectivity index (χ1v) is 15.1.